The molecule has 0 radical (unpaired) electrons. The van der Waals surface area contributed by atoms with Gasteiger partial charge < -0.3 is 4.52 Å². The van der Waals surface area contributed by atoms with Gasteiger partial charge in [-0.3, -0.25) is 9.58 Å². The zero-order valence-electron chi connectivity index (χ0n) is 10.7. The Labute approximate surface area is 106 Å². The largest absolute Gasteiger partial charge is 0.338 e. The summed E-state index contributed by atoms with van der Waals surface area (Å²) in [6, 6.07) is 2.43. The molecule has 0 unspecified atom stereocenters. The van der Waals surface area contributed by atoms with E-state index in [2.05, 4.69) is 34.0 Å². The fraction of sp³-hybridized carbons (Fsp3) is 0.583. The third kappa shape index (κ3) is 2.15. The molecule has 0 aromatic carbocycles. The summed E-state index contributed by atoms with van der Waals surface area (Å²) in [6.07, 6.45) is 3.82. The van der Waals surface area contributed by atoms with Crippen LogP contribution in [-0.4, -0.2) is 37.9 Å². The predicted molar refractivity (Wildman–Crippen MR) is 64.9 cm³/mol. The summed E-state index contributed by atoms with van der Waals surface area (Å²) in [5, 5.41) is 8.21. The minimum absolute atomic E-state index is 0.315. The van der Waals surface area contributed by atoms with Crippen LogP contribution in [0.25, 0.3) is 0 Å². The lowest BCUT2D eigenvalue weighted by Gasteiger charge is -2.38. The monoisotopic (exact) mass is 247 g/mol. The lowest BCUT2D eigenvalue weighted by Crippen LogP contribution is -2.47. The molecule has 1 fully saturated rings. The van der Waals surface area contributed by atoms with Gasteiger partial charge in [-0.15, -0.1) is 0 Å². The van der Waals surface area contributed by atoms with Crippen molar-refractivity contribution in [2.24, 2.45) is 0 Å². The summed E-state index contributed by atoms with van der Waals surface area (Å²) in [4.78, 5) is 6.66. The number of hydrogen-bond acceptors (Lipinski definition) is 5. The van der Waals surface area contributed by atoms with Crippen LogP contribution in [0.4, 0.5) is 0 Å². The minimum atomic E-state index is 0.315. The highest BCUT2D eigenvalue weighted by atomic mass is 16.5. The molecule has 18 heavy (non-hydrogen) atoms. The van der Waals surface area contributed by atoms with Gasteiger partial charge in [-0.25, -0.2) is 0 Å². The standard InChI is InChI=1S/C12H17N5O/c1-9(2)12-14-11(18-15-12)8-16-6-10(7-16)17-5-3-4-13-17/h3-5,9-10H,6-8H2,1-2H3. The molecule has 2 aromatic heterocycles. The Hall–Kier alpha value is -1.69. The van der Waals surface area contributed by atoms with E-state index in [4.69, 9.17) is 4.52 Å². The van der Waals surface area contributed by atoms with Crippen molar-refractivity contribution < 1.29 is 4.52 Å². The Balaban J connectivity index is 1.53. The Morgan fingerprint density at radius 1 is 1.44 bits per heavy atom. The Morgan fingerprint density at radius 2 is 2.28 bits per heavy atom. The van der Waals surface area contributed by atoms with Crippen LogP contribution < -0.4 is 0 Å². The first kappa shape index (κ1) is 11.4. The maximum atomic E-state index is 5.23. The average Bonchev–Trinajstić information content (AvgIpc) is 2.94. The summed E-state index contributed by atoms with van der Waals surface area (Å²) in [5.41, 5.74) is 0. The number of rotatable bonds is 4. The zero-order valence-corrected chi connectivity index (χ0v) is 10.7. The molecule has 0 bridgehead atoms. The van der Waals surface area contributed by atoms with Crippen LogP contribution in [0.5, 0.6) is 0 Å². The molecule has 0 N–H and O–H groups in total. The van der Waals surface area contributed by atoms with Crippen molar-refractivity contribution >= 4 is 0 Å². The molecule has 1 saturated heterocycles. The fourth-order valence-electron chi connectivity index (χ4n) is 2.09. The maximum Gasteiger partial charge on any atom is 0.240 e. The van der Waals surface area contributed by atoms with E-state index in [-0.39, 0.29) is 0 Å². The molecule has 0 amide bonds. The first-order chi connectivity index (χ1) is 8.72. The molecule has 6 nitrogen and oxygen atoms in total. The van der Waals surface area contributed by atoms with Gasteiger partial charge in [0.15, 0.2) is 5.82 Å². The highest BCUT2D eigenvalue weighted by molar-refractivity contribution is 4.94. The Kier molecular flexibility index (Phi) is 2.87. The highest BCUT2D eigenvalue weighted by Gasteiger charge is 2.29. The van der Waals surface area contributed by atoms with Crippen molar-refractivity contribution in [2.45, 2.75) is 32.4 Å². The van der Waals surface area contributed by atoms with Crippen LogP contribution in [0, 0.1) is 0 Å². The van der Waals surface area contributed by atoms with E-state index in [9.17, 15) is 0 Å². The van der Waals surface area contributed by atoms with Crippen molar-refractivity contribution in [1.29, 1.82) is 0 Å². The molecule has 3 rings (SSSR count). The number of hydrogen-bond donors (Lipinski definition) is 0. The first-order valence-electron chi connectivity index (χ1n) is 6.26. The van der Waals surface area contributed by atoms with E-state index >= 15 is 0 Å². The van der Waals surface area contributed by atoms with E-state index in [0.717, 1.165) is 25.5 Å². The minimum Gasteiger partial charge on any atom is -0.338 e. The van der Waals surface area contributed by atoms with Gasteiger partial charge in [-0.05, 0) is 6.07 Å². The quantitative estimate of drug-likeness (QED) is 0.818. The molecule has 96 valence electrons. The van der Waals surface area contributed by atoms with Crippen molar-refractivity contribution in [2.75, 3.05) is 13.1 Å². The molecule has 1 aliphatic rings. The van der Waals surface area contributed by atoms with Crippen LogP contribution in [0.15, 0.2) is 23.0 Å². The second kappa shape index (κ2) is 4.53. The van der Waals surface area contributed by atoms with Gasteiger partial charge in [0.05, 0.1) is 12.6 Å². The third-order valence-electron chi connectivity index (χ3n) is 3.20. The van der Waals surface area contributed by atoms with E-state index in [1.54, 1.807) is 0 Å². The fourth-order valence-corrected chi connectivity index (χ4v) is 2.09. The topological polar surface area (TPSA) is 60.0 Å². The van der Waals surface area contributed by atoms with Crippen molar-refractivity contribution in [1.82, 2.24) is 24.8 Å². The van der Waals surface area contributed by atoms with Crippen LogP contribution >= 0.6 is 0 Å². The summed E-state index contributed by atoms with van der Waals surface area (Å²) in [5.74, 6) is 1.81. The van der Waals surface area contributed by atoms with Crippen molar-refractivity contribution in [3.8, 4) is 0 Å². The van der Waals surface area contributed by atoms with Gasteiger partial charge in [0.1, 0.15) is 0 Å². The van der Waals surface area contributed by atoms with Gasteiger partial charge in [0, 0.05) is 31.4 Å². The molecular weight excluding hydrogens is 230 g/mol. The number of likely N-dealkylation sites (tertiary alicyclic amines) is 1. The molecular formula is C12H17N5O. The molecule has 0 aliphatic carbocycles. The lowest BCUT2D eigenvalue weighted by molar-refractivity contribution is 0.0790. The van der Waals surface area contributed by atoms with E-state index in [0.29, 0.717) is 17.9 Å². The summed E-state index contributed by atoms with van der Waals surface area (Å²) in [7, 11) is 0. The van der Waals surface area contributed by atoms with Crippen LogP contribution in [0.3, 0.4) is 0 Å². The maximum absolute atomic E-state index is 5.23. The molecule has 3 heterocycles. The van der Waals surface area contributed by atoms with E-state index < -0.39 is 0 Å². The van der Waals surface area contributed by atoms with Crippen molar-refractivity contribution in [3.63, 3.8) is 0 Å². The predicted octanol–water partition coefficient (Wildman–Crippen LogP) is 1.45. The Bertz CT molecular complexity index is 498. The summed E-state index contributed by atoms with van der Waals surface area (Å²) >= 11 is 0. The second-order valence-corrected chi connectivity index (χ2v) is 5.03. The van der Waals surface area contributed by atoms with Gasteiger partial charge in [0.2, 0.25) is 5.89 Å². The van der Waals surface area contributed by atoms with E-state index in [1.807, 2.05) is 23.1 Å². The van der Waals surface area contributed by atoms with Crippen LogP contribution in [-0.2, 0) is 6.54 Å². The lowest BCUT2D eigenvalue weighted by atomic mass is 10.1. The highest BCUT2D eigenvalue weighted by Crippen LogP contribution is 2.22. The van der Waals surface area contributed by atoms with Gasteiger partial charge in [-0.1, -0.05) is 19.0 Å². The summed E-state index contributed by atoms with van der Waals surface area (Å²) in [6.45, 7) is 6.83. The molecule has 6 heteroatoms. The van der Waals surface area contributed by atoms with Gasteiger partial charge in [-0.2, -0.15) is 10.1 Å². The summed E-state index contributed by atoms with van der Waals surface area (Å²) < 4.78 is 7.24. The van der Waals surface area contributed by atoms with Gasteiger partial charge >= 0.3 is 0 Å². The van der Waals surface area contributed by atoms with Gasteiger partial charge in [0.25, 0.3) is 0 Å². The zero-order chi connectivity index (χ0) is 12.5. The third-order valence-corrected chi connectivity index (χ3v) is 3.20. The van der Waals surface area contributed by atoms with Crippen molar-refractivity contribution in [3.05, 3.63) is 30.2 Å². The molecule has 2 aromatic rings. The molecule has 0 saturated carbocycles. The smallest absolute Gasteiger partial charge is 0.240 e. The SMILES string of the molecule is CC(C)c1noc(CN2CC(n3cccn3)C2)n1. The first-order valence-corrected chi connectivity index (χ1v) is 6.26. The van der Waals surface area contributed by atoms with Crippen LogP contribution in [0.2, 0.25) is 0 Å². The normalized spacial score (nSPS) is 17.3. The molecule has 1 aliphatic heterocycles. The number of aromatic nitrogens is 4. The van der Waals surface area contributed by atoms with Crippen LogP contribution in [0.1, 0.15) is 37.5 Å². The molecule has 0 atom stereocenters. The number of nitrogens with zero attached hydrogens (tertiary/aromatic N) is 5. The average molecular weight is 247 g/mol. The van der Waals surface area contributed by atoms with E-state index in [1.165, 1.54) is 0 Å². The molecule has 0 spiro atoms. The second-order valence-electron chi connectivity index (χ2n) is 5.03. The Morgan fingerprint density at radius 3 is 2.89 bits per heavy atom.